The second-order valence-electron chi connectivity index (χ2n) is 8.01. The van der Waals surface area contributed by atoms with Gasteiger partial charge in [0.2, 0.25) is 0 Å². The number of anilines is 1. The molecule has 0 radical (unpaired) electrons. The van der Waals surface area contributed by atoms with Crippen LogP contribution < -0.4 is 10.6 Å². The number of nitrogens with zero attached hydrogens (tertiary/aromatic N) is 3. The number of amides is 1. The van der Waals surface area contributed by atoms with Gasteiger partial charge in [0.05, 0.1) is 17.9 Å². The largest absolute Gasteiger partial charge is 0.318 e. The molecule has 0 saturated carbocycles. The van der Waals surface area contributed by atoms with Gasteiger partial charge in [-0.1, -0.05) is 13.8 Å². The lowest BCUT2D eigenvalue weighted by molar-refractivity contribution is 0.102. The van der Waals surface area contributed by atoms with Crippen molar-refractivity contribution in [3.63, 3.8) is 0 Å². The van der Waals surface area contributed by atoms with Gasteiger partial charge < -0.3 is 10.6 Å². The number of H-pyrrole nitrogens is 1. The van der Waals surface area contributed by atoms with Crippen molar-refractivity contribution < 1.29 is 4.79 Å². The van der Waals surface area contributed by atoms with Crippen LogP contribution in [0.2, 0.25) is 0 Å². The molecule has 2 aromatic rings. The highest BCUT2D eigenvalue weighted by molar-refractivity contribution is 6.03. The summed E-state index contributed by atoms with van der Waals surface area (Å²) in [5.41, 5.74) is 3.70. The van der Waals surface area contributed by atoms with Crippen LogP contribution in [0.25, 0.3) is 0 Å². The number of hydrogen-bond donors (Lipinski definition) is 3. The fourth-order valence-electron chi connectivity index (χ4n) is 3.90. The molecule has 0 bridgehead atoms. The van der Waals surface area contributed by atoms with Crippen LogP contribution >= 0.6 is 0 Å². The summed E-state index contributed by atoms with van der Waals surface area (Å²) in [4.78, 5) is 12.7. The number of nitrogens with one attached hydrogen (secondary N) is 3. The first kappa shape index (κ1) is 16.3. The maximum Gasteiger partial charge on any atom is 0.276 e. The maximum atomic E-state index is 12.7. The Labute approximate surface area is 147 Å². The van der Waals surface area contributed by atoms with Crippen molar-refractivity contribution in [2.75, 3.05) is 18.4 Å². The summed E-state index contributed by atoms with van der Waals surface area (Å²) in [6.07, 6.45) is 8.70. The Morgan fingerprint density at radius 1 is 1.36 bits per heavy atom. The van der Waals surface area contributed by atoms with Gasteiger partial charge in [-0.2, -0.15) is 10.2 Å². The molecule has 134 valence electrons. The van der Waals surface area contributed by atoms with Gasteiger partial charge >= 0.3 is 0 Å². The maximum absolute atomic E-state index is 12.7. The van der Waals surface area contributed by atoms with Crippen LogP contribution in [-0.4, -0.2) is 39.0 Å². The molecule has 7 heteroatoms. The Morgan fingerprint density at radius 3 is 2.96 bits per heavy atom. The van der Waals surface area contributed by atoms with Crippen molar-refractivity contribution in [3.05, 3.63) is 29.3 Å². The Hall–Kier alpha value is -2.15. The van der Waals surface area contributed by atoms with Gasteiger partial charge in [0, 0.05) is 17.5 Å². The summed E-state index contributed by atoms with van der Waals surface area (Å²) < 4.78 is 1.97. The third-order valence-electron chi connectivity index (χ3n) is 5.42. The highest BCUT2D eigenvalue weighted by Crippen LogP contribution is 2.35. The zero-order chi connectivity index (χ0) is 17.4. The minimum Gasteiger partial charge on any atom is -0.318 e. The lowest BCUT2D eigenvalue weighted by Crippen LogP contribution is -2.29. The van der Waals surface area contributed by atoms with E-state index >= 15 is 0 Å². The minimum atomic E-state index is -0.151. The first-order valence-corrected chi connectivity index (χ1v) is 9.14. The molecular weight excluding hydrogens is 316 g/mol. The summed E-state index contributed by atoms with van der Waals surface area (Å²) in [6, 6.07) is 0.410. The number of fused-ring (bicyclic) bond motifs is 1. The molecule has 1 saturated heterocycles. The van der Waals surface area contributed by atoms with Crippen molar-refractivity contribution >= 4 is 11.6 Å². The molecule has 0 spiro atoms. The number of aromatic nitrogens is 4. The third kappa shape index (κ3) is 3.33. The summed E-state index contributed by atoms with van der Waals surface area (Å²) >= 11 is 0. The van der Waals surface area contributed by atoms with E-state index in [2.05, 4.69) is 39.8 Å². The lowest BCUT2D eigenvalue weighted by Gasteiger charge is -2.28. The van der Waals surface area contributed by atoms with Crippen molar-refractivity contribution in [1.29, 1.82) is 0 Å². The normalized spacial score (nSPS) is 20.2. The lowest BCUT2D eigenvalue weighted by atomic mass is 9.76. The van der Waals surface area contributed by atoms with Gasteiger partial charge in [-0.25, -0.2) is 0 Å². The summed E-state index contributed by atoms with van der Waals surface area (Å²) in [5, 5.41) is 18.1. The zero-order valence-corrected chi connectivity index (χ0v) is 14.9. The molecule has 1 aliphatic heterocycles. The molecule has 2 aromatic heterocycles. The van der Waals surface area contributed by atoms with Gasteiger partial charge in [0.25, 0.3) is 5.91 Å². The second kappa shape index (κ2) is 6.29. The highest BCUT2D eigenvalue weighted by Gasteiger charge is 2.30. The molecule has 0 atom stereocenters. The molecule has 1 amide bonds. The van der Waals surface area contributed by atoms with Crippen LogP contribution in [0.5, 0.6) is 0 Å². The van der Waals surface area contributed by atoms with Gasteiger partial charge in [0.15, 0.2) is 5.69 Å². The number of hydrogen-bond acceptors (Lipinski definition) is 4. The van der Waals surface area contributed by atoms with Crippen molar-refractivity contribution in [2.24, 2.45) is 5.41 Å². The molecule has 1 fully saturated rings. The van der Waals surface area contributed by atoms with E-state index in [4.69, 9.17) is 0 Å². The standard InChI is InChI=1S/C18H26N6O/c1-18(2)6-3-14-15(9-18)22-23-16(14)17(25)21-12-10-20-24(11-12)13-4-7-19-8-5-13/h10-11,13,19H,3-9H2,1-2H3,(H,21,25)(H,22,23). The number of rotatable bonds is 3. The fraction of sp³-hybridized carbons (Fsp3) is 0.611. The number of carbonyl (C=O) groups is 1. The van der Waals surface area contributed by atoms with E-state index in [9.17, 15) is 4.79 Å². The molecule has 0 aromatic carbocycles. The van der Waals surface area contributed by atoms with Gasteiger partial charge in [-0.3, -0.25) is 14.6 Å². The average Bonchev–Trinajstić information content (AvgIpc) is 3.21. The SMILES string of the molecule is CC1(C)CCc2c(C(=O)Nc3cnn(C4CCNCC4)c3)n[nH]c2C1. The molecule has 7 nitrogen and oxygen atoms in total. The summed E-state index contributed by atoms with van der Waals surface area (Å²) in [7, 11) is 0. The van der Waals surface area contributed by atoms with Crippen LogP contribution in [0.3, 0.4) is 0 Å². The smallest absolute Gasteiger partial charge is 0.276 e. The van der Waals surface area contributed by atoms with E-state index in [0.29, 0.717) is 11.7 Å². The van der Waals surface area contributed by atoms with E-state index < -0.39 is 0 Å². The Bertz CT molecular complexity index is 768. The predicted octanol–water partition coefficient (Wildman–Crippen LogP) is 2.30. The van der Waals surface area contributed by atoms with Crippen molar-refractivity contribution in [1.82, 2.24) is 25.3 Å². The fourth-order valence-corrected chi connectivity index (χ4v) is 3.90. The molecule has 3 heterocycles. The molecule has 2 aliphatic rings. The van der Waals surface area contributed by atoms with Crippen LogP contribution in [0, 0.1) is 5.41 Å². The Kier molecular flexibility index (Phi) is 4.11. The van der Waals surface area contributed by atoms with Crippen LogP contribution in [0.1, 0.15) is 60.9 Å². The summed E-state index contributed by atoms with van der Waals surface area (Å²) in [5.74, 6) is -0.151. The minimum absolute atomic E-state index is 0.151. The second-order valence-corrected chi connectivity index (χ2v) is 8.01. The van der Waals surface area contributed by atoms with E-state index in [1.165, 1.54) is 0 Å². The van der Waals surface area contributed by atoms with E-state index in [1.54, 1.807) is 6.20 Å². The molecule has 25 heavy (non-hydrogen) atoms. The van der Waals surface area contributed by atoms with E-state index in [1.807, 2.05) is 10.9 Å². The van der Waals surface area contributed by atoms with Gasteiger partial charge in [-0.05, 0) is 50.6 Å². The first-order valence-electron chi connectivity index (χ1n) is 9.14. The third-order valence-corrected chi connectivity index (χ3v) is 5.42. The zero-order valence-electron chi connectivity index (χ0n) is 14.9. The van der Waals surface area contributed by atoms with Crippen molar-refractivity contribution in [2.45, 2.75) is 52.0 Å². The Balaban J connectivity index is 1.46. The van der Waals surface area contributed by atoms with Crippen LogP contribution in [0.4, 0.5) is 5.69 Å². The summed E-state index contributed by atoms with van der Waals surface area (Å²) in [6.45, 7) is 6.54. The molecule has 4 rings (SSSR count). The highest BCUT2D eigenvalue weighted by atomic mass is 16.2. The Morgan fingerprint density at radius 2 is 2.16 bits per heavy atom. The number of piperidine rings is 1. The monoisotopic (exact) mass is 342 g/mol. The first-order chi connectivity index (χ1) is 12.0. The average molecular weight is 342 g/mol. The van der Waals surface area contributed by atoms with Gasteiger partial charge in [-0.15, -0.1) is 0 Å². The molecule has 3 N–H and O–H groups in total. The van der Waals surface area contributed by atoms with E-state index in [-0.39, 0.29) is 11.3 Å². The topological polar surface area (TPSA) is 87.6 Å². The number of aromatic amines is 1. The van der Waals surface area contributed by atoms with Crippen LogP contribution in [0.15, 0.2) is 12.4 Å². The van der Waals surface area contributed by atoms with Crippen molar-refractivity contribution in [3.8, 4) is 0 Å². The van der Waals surface area contributed by atoms with E-state index in [0.717, 1.165) is 62.1 Å². The molecule has 1 aliphatic carbocycles. The molecular formula is C18H26N6O. The van der Waals surface area contributed by atoms with Crippen LogP contribution in [-0.2, 0) is 12.8 Å². The predicted molar refractivity (Wildman–Crippen MR) is 95.7 cm³/mol. The molecule has 0 unspecified atom stereocenters. The van der Waals surface area contributed by atoms with Gasteiger partial charge in [0.1, 0.15) is 0 Å². The quantitative estimate of drug-likeness (QED) is 0.799. The number of carbonyl (C=O) groups excluding carboxylic acids is 1.